The summed E-state index contributed by atoms with van der Waals surface area (Å²) in [6.07, 6.45) is 1.91. The fourth-order valence-electron chi connectivity index (χ4n) is 4.31. The molecule has 3 aromatic carbocycles. The number of hydrogen-bond acceptors (Lipinski definition) is 4. The molecule has 0 amide bonds. The van der Waals surface area contributed by atoms with Gasteiger partial charge in [0.05, 0.1) is 4.90 Å². The summed E-state index contributed by atoms with van der Waals surface area (Å²) in [5, 5.41) is 10.9. The van der Waals surface area contributed by atoms with E-state index >= 15 is 0 Å². The Morgan fingerprint density at radius 3 is 2.47 bits per heavy atom. The molecule has 2 N–H and O–H groups in total. The minimum absolute atomic E-state index is 0.00777. The van der Waals surface area contributed by atoms with Crippen LogP contribution in [0.3, 0.4) is 0 Å². The van der Waals surface area contributed by atoms with Crippen molar-refractivity contribution in [3.8, 4) is 17.6 Å². The van der Waals surface area contributed by atoms with Gasteiger partial charge in [-0.05, 0) is 73.9 Å². The Hall–Kier alpha value is -4.06. The van der Waals surface area contributed by atoms with Gasteiger partial charge in [-0.15, -0.1) is 5.92 Å². The summed E-state index contributed by atoms with van der Waals surface area (Å²) in [6.45, 7) is 6.54. The molecule has 0 unspecified atom stereocenters. The molecule has 0 spiro atoms. The molecule has 1 atom stereocenters. The summed E-state index contributed by atoms with van der Waals surface area (Å²) < 4.78 is 36.0. The minimum Gasteiger partial charge on any atom is -0.481 e. The summed E-state index contributed by atoms with van der Waals surface area (Å²) in [7, 11) is -4.10. The normalized spacial score (nSPS) is 12.1. The average molecular weight is 531 g/mol. The van der Waals surface area contributed by atoms with E-state index in [2.05, 4.69) is 40.2 Å². The van der Waals surface area contributed by atoms with Gasteiger partial charge in [0.25, 0.3) is 0 Å². The SMILES string of the molecule is CC#CCOc1ccc(S(=O)(=O)N[C@@H](Cc2cn(Cc3ccccc3C)c3ccc(C)cc23)C(=O)O)cc1. The number of carboxylic acids is 1. The molecular weight excluding hydrogens is 500 g/mol. The maximum atomic E-state index is 13.1. The number of carboxylic acid groups (broad SMARTS) is 1. The number of nitrogens with one attached hydrogen (secondary N) is 1. The third kappa shape index (κ3) is 6.25. The number of sulfonamides is 1. The first-order chi connectivity index (χ1) is 18.2. The van der Waals surface area contributed by atoms with Crippen molar-refractivity contribution in [1.82, 2.24) is 9.29 Å². The number of rotatable bonds is 10. The molecule has 0 fully saturated rings. The molecule has 1 heterocycles. The van der Waals surface area contributed by atoms with Crippen LogP contribution < -0.4 is 9.46 Å². The van der Waals surface area contributed by atoms with Crippen molar-refractivity contribution >= 4 is 26.9 Å². The van der Waals surface area contributed by atoms with E-state index in [0.717, 1.165) is 33.2 Å². The van der Waals surface area contributed by atoms with Crippen molar-refractivity contribution in [2.75, 3.05) is 6.61 Å². The van der Waals surface area contributed by atoms with Crippen molar-refractivity contribution in [3.05, 3.63) is 95.2 Å². The lowest BCUT2D eigenvalue weighted by Crippen LogP contribution is -2.42. The highest BCUT2D eigenvalue weighted by Gasteiger charge is 2.27. The van der Waals surface area contributed by atoms with Crippen molar-refractivity contribution < 1.29 is 23.1 Å². The van der Waals surface area contributed by atoms with Crippen LogP contribution in [-0.4, -0.2) is 36.7 Å². The zero-order valence-corrected chi connectivity index (χ0v) is 22.4. The molecule has 0 bridgehead atoms. The van der Waals surface area contributed by atoms with Gasteiger partial charge in [0.2, 0.25) is 10.0 Å². The zero-order valence-electron chi connectivity index (χ0n) is 21.6. The highest BCUT2D eigenvalue weighted by atomic mass is 32.2. The van der Waals surface area contributed by atoms with E-state index in [1.54, 1.807) is 6.92 Å². The second kappa shape index (κ2) is 11.5. The van der Waals surface area contributed by atoms with Crippen LogP contribution in [-0.2, 0) is 27.8 Å². The quantitative estimate of drug-likeness (QED) is 0.290. The van der Waals surface area contributed by atoms with Gasteiger partial charge in [-0.3, -0.25) is 4.79 Å². The van der Waals surface area contributed by atoms with Gasteiger partial charge in [0.1, 0.15) is 18.4 Å². The van der Waals surface area contributed by atoms with E-state index in [1.165, 1.54) is 24.3 Å². The Morgan fingerprint density at radius 2 is 1.79 bits per heavy atom. The molecule has 0 radical (unpaired) electrons. The second-order valence-corrected chi connectivity index (χ2v) is 10.8. The smallest absolute Gasteiger partial charge is 0.322 e. The lowest BCUT2D eigenvalue weighted by molar-refractivity contribution is -0.138. The van der Waals surface area contributed by atoms with E-state index < -0.39 is 22.0 Å². The number of benzene rings is 3. The average Bonchev–Trinajstić information content (AvgIpc) is 3.21. The standard InChI is InChI=1S/C30H30N2O5S/c1-4-5-16-37-25-11-13-26(14-12-25)38(35,36)31-28(30(33)34)18-24-20-32(19-23-9-7-6-8-22(23)3)29-15-10-21(2)17-27(24)29/h6-15,17,20,28,31H,16,18-19H2,1-3H3,(H,33,34)/t28-/m0/s1. The first-order valence-electron chi connectivity index (χ1n) is 12.2. The third-order valence-corrected chi connectivity index (χ3v) is 7.85. The Morgan fingerprint density at radius 1 is 1.05 bits per heavy atom. The fourth-order valence-corrected chi connectivity index (χ4v) is 5.50. The van der Waals surface area contributed by atoms with E-state index in [4.69, 9.17) is 4.74 Å². The first-order valence-corrected chi connectivity index (χ1v) is 13.7. The number of aliphatic carboxylic acids is 1. The maximum absolute atomic E-state index is 13.1. The summed E-state index contributed by atoms with van der Waals surface area (Å²) in [5.41, 5.74) is 5.07. The molecule has 0 aliphatic heterocycles. The van der Waals surface area contributed by atoms with Gasteiger partial charge < -0.3 is 14.4 Å². The molecule has 0 aliphatic rings. The lowest BCUT2D eigenvalue weighted by atomic mass is 10.0. The molecule has 8 heteroatoms. The number of fused-ring (bicyclic) bond motifs is 1. The molecule has 4 rings (SSSR count). The largest absolute Gasteiger partial charge is 0.481 e. The Balaban J connectivity index is 1.60. The number of carbonyl (C=O) groups is 1. The van der Waals surface area contributed by atoms with Crippen LogP contribution in [0.25, 0.3) is 10.9 Å². The number of aryl methyl sites for hydroxylation is 2. The van der Waals surface area contributed by atoms with Crippen molar-refractivity contribution in [1.29, 1.82) is 0 Å². The molecular formula is C30H30N2O5S. The summed E-state index contributed by atoms with van der Waals surface area (Å²) in [6, 6.07) is 18.6. The van der Waals surface area contributed by atoms with Gasteiger partial charge in [-0.2, -0.15) is 4.72 Å². The first kappa shape index (κ1) is 27.0. The van der Waals surface area contributed by atoms with Gasteiger partial charge in [-0.25, -0.2) is 8.42 Å². The third-order valence-electron chi connectivity index (χ3n) is 6.36. The predicted molar refractivity (Wildman–Crippen MR) is 148 cm³/mol. The van der Waals surface area contributed by atoms with Crippen molar-refractivity contribution in [2.24, 2.45) is 0 Å². The molecule has 38 heavy (non-hydrogen) atoms. The summed E-state index contributed by atoms with van der Waals surface area (Å²) in [5.74, 6) is 4.70. The Bertz CT molecular complexity index is 1630. The Kier molecular flexibility index (Phi) is 8.20. The zero-order chi connectivity index (χ0) is 27.3. The van der Waals surface area contributed by atoms with Crippen molar-refractivity contribution in [3.63, 3.8) is 0 Å². The minimum atomic E-state index is -4.10. The van der Waals surface area contributed by atoms with Crippen LogP contribution in [0.4, 0.5) is 0 Å². The van der Waals surface area contributed by atoms with E-state index in [0.29, 0.717) is 12.3 Å². The highest BCUT2D eigenvalue weighted by molar-refractivity contribution is 7.89. The topological polar surface area (TPSA) is 97.6 Å². The lowest BCUT2D eigenvalue weighted by Gasteiger charge is -2.15. The molecule has 0 aliphatic carbocycles. The number of aromatic nitrogens is 1. The predicted octanol–water partition coefficient (Wildman–Crippen LogP) is 4.68. The van der Waals surface area contributed by atoms with E-state index in [9.17, 15) is 18.3 Å². The van der Waals surface area contributed by atoms with Gasteiger partial charge in [0, 0.05) is 30.1 Å². The van der Waals surface area contributed by atoms with Crippen LogP contribution >= 0.6 is 0 Å². The molecule has 1 aromatic heterocycles. The number of nitrogens with zero attached hydrogens (tertiary/aromatic N) is 1. The second-order valence-electron chi connectivity index (χ2n) is 9.13. The molecule has 196 valence electrons. The van der Waals surface area contributed by atoms with Crippen LogP contribution in [0.2, 0.25) is 0 Å². The number of hydrogen-bond donors (Lipinski definition) is 2. The van der Waals surface area contributed by atoms with Gasteiger partial charge >= 0.3 is 5.97 Å². The van der Waals surface area contributed by atoms with E-state index in [-0.39, 0.29) is 17.9 Å². The number of ether oxygens (including phenoxy) is 1. The molecule has 7 nitrogen and oxygen atoms in total. The fraction of sp³-hybridized carbons (Fsp3) is 0.233. The maximum Gasteiger partial charge on any atom is 0.322 e. The summed E-state index contributed by atoms with van der Waals surface area (Å²) >= 11 is 0. The van der Waals surface area contributed by atoms with Crippen LogP contribution in [0.5, 0.6) is 5.75 Å². The molecule has 0 saturated carbocycles. The molecule has 4 aromatic rings. The van der Waals surface area contributed by atoms with E-state index in [1.807, 2.05) is 43.5 Å². The van der Waals surface area contributed by atoms with Crippen LogP contribution in [0.15, 0.2) is 77.8 Å². The summed E-state index contributed by atoms with van der Waals surface area (Å²) in [4.78, 5) is 12.1. The van der Waals surface area contributed by atoms with Crippen LogP contribution in [0.1, 0.15) is 29.2 Å². The van der Waals surface area contributed by atoms with Gasteiger partial charge in [-0.1, -0.05) is 41.8 Å². The van der Waals surface area contributed by atoms with Gasteiger partial charge in [0.15, 0.2) is 0 Å². The molecule has 0 saturated heterocycles. The highest BCUT2D eigenvalue weighted by Crippen LogP contribution is 2.26. The van der Waals surface area contributed by atoms with Crippen LogP contribution in [0, 0.1) is 25.7 Å². The monoisotopic (exact) mass is 530 g/mol. The Labute approximate surface area is 223 Å². The van der Waals surface area contributed by atoms with Crippen molar-refractivity contribution in [2.45, 2.75) is 44.7 Å².